The Hall–Kier alpha value is -3.48. The predicted octanol–water partition coefficient (Wildman–Crippen LogP) is 1.67. The SMILES string of the molecule is COC(=O)CNC(=O)COC(=O)c1ccccc1C(=O)c1ccc(C)cc1. The lowest BCUT2D eigenvalue weighted by Gasteiger charge is -2.09. The number of aryl methyl sites for hydroxylation is 1. The molecule has 2 rings (SSSR count). The van der Waals surface area contributed by atoms with Gasteiger partial charge in [-0.15, -0.1) is 0 Å². The summed E-state index contributed by atoms with van der Waals surface area (Å²) in [6, 6.07) is 13.2. The monoisotopic (exact) mass is 369 g/mol. The van der Waals surface area contributed by atoms with Gasteiger partial charge in [0.25, 0.3) is 5.91 Å². The van der Waals surface area contributed by atoms with Crippen molar-refractivity contribution in [3.63, 3.8) is 0 Å². The number of amides is 1. The third-order valence-corrected chi connectivity index (χ3v) is 3.70. The molecule has 0 atom stereocenters. The molecule has 1 amide bonds. The number of rotatable bonds is 7. The molecule has 0 aromatic heterocycles. The average Bonchev–Trinajstić information content (AvgIpc) is 2.70. The molecule has 7 heteroatoms. The Kier molecular flexibility index (Phi) is 6.82. The smallest absolute Gasteiger partial charge is 0.339 e. The number of benzene rings is 2. The fourth-order valence-corrected chi connectivity index (χ4v) is 2.22. The van der Waals surface area contributed by atoms with E-state index in [1.807, 2.05) is 6.92 Å². The molecule has 2 aromatic rings. The van der Waals surface area contributed by atoms with Gasteiger partial charge in [-0.3, -0.25) is 14.4 Å². The van der Waals surface area contributed by atoms with E-state index in [2.05, 4.69) is 10.1 Å². The minimum absolute atomic E-state index is 0.0591. The van der Waals surface area contributed by atoms with Gasteiger partial charge in [0.15, 0.2) is 12.4 Å². The number of esters is 2. The van der Waals surface area contributed by atoms with E-state index in [1.54, 1.807) is 36.4 Å². The highest BCUT2D eigenvalue weighted by Crippen LogP contribution is 2.16. The van der Waals surface area contributed by atoms with E-state index in [-0.39, 0.29) is 23.5 Å². The van der Waals surface area contributed by atoms with Crippen molar-refractivity contribution in [2.24, 2.45) is 0 Å². The molecule has 27 heavy (non-hydrogen) atoms. The zero-order valence-corrected chi connectivity index (χ0v) is 15.0. The van der Waals surface area contributed by atoms with Crippen LogP contribution < -0.4 is 5.32 Å². The van der Waals surface area contributed by atoms with E-state index < -0.39 is 24.5 Å². The van der Waals surface area contributed by atoms with Gasteiger partial charge in [-0.1, -0.05) is 48.0 Å². The van der Waals surface area contributed by atoms with Crippen molar-refractivity contribution in [3.05, 3.63) is 70.8 Å². The molecule has 0 aliphatic heterocycles. The van der Waals surface area contributed by atoms with Crippen LogP contribution >= 0.6 is 0 Å². The van der Waals surface area contributed by atoms with Crippen LogP contribution in [0.1, 0.15) is 31.8 Å². The maximum atomic E-state index is 12.7. The molecule has 2 aromatic carbocycles. The molecule has 7 nitrogen and oxygen atoms in total. The summed E-state index contributed by atoms with van der Waals surface area (Å²) in [5, 5.41) is 2.25. The molecule has 0 saturated carbocycles. The summed E-state index contributed by atoms with van der Waals surface area (Å²) in [7, 11) is 1.19. The van der Waals surface area contributed by atoms with Crippen molar-refractivity contribution in [2.75, 3.05) is 20.3 Å². The Morgan fingerprint density at radius 3 is 2.19 bits per heavy atom. The van der Waals surface area contributed by atoms with E-state index in [0.29, 0.717) is 5.56 Å². The third-order valence-electron chi connectivity index (χ3n) is 3.70. The van der Waals surface area contributed by atoms with Gasteiger partial charge in [-0.2, -0.15) is 0 Å². The van der Waals surface area contributed by atoms with Gasteiger partial charge in [0.05, 0.1) is 12.7 Å². The van der Waals surface area contributed by atoms with Gasteiger partial charge >= 0.3 is 11.9 Å². The number of hydrogen-bond donors (Lipinski definition) is 1. The van der Waals surface area contributed by atoms with Gasteiger partial charge in [-0.25, -0.2) is 4.79 Å². The van der Waals surface area contributed by atoms with Gasteiger partial charge in [0, 0.05) is 11.1 Å². The molecule has 140 valence electrons. The van der Waals surface area contributed by atoms with E-state index in [4.69, 9.17) is 4.74 Å². The summed E-state index contributed by atoms with van der Waals surface area (Å²) < 4.78 is 9.33. The molecular weight excluding hydrogens is 350 g/mol. The minimum Gasteiger partial charge on any atom is -0.468 e. The summed E-state index contributed by atoms with van der Waals surface area (Å²) in [5.41, 5.74) is 1.69. The van der Waals surface area contributed by atoms with Gasteiger partial charge in [0.2, 0.25) is 0 Å². The first kappa shape index (κ1) is 19.8. The quantitative estimate of drug-likeness (QED) is 0.589. The second-order valence-electron chi connectivity index (χ2n) is 5.67. The number of hydrogen-bond acceptors (Lipinski definition) is 6. The van der Waals surface area contributed by atoms with Crippen LogP contribution in [-0.4, -0.2) is 43.9 Å². The fraction of sp³-hybridized carbons (Fsp3) is 0.200. The molecule has 0 fully saturated rings. The summed E-state index contributed by atoms with van der Waals surface area (Å²) in [6.07, 6.45) is 0. The maximum Gasteiger partial charge on any atom is 0.339 e. The standard InChI is InChI=1S/C20H19NO6/c1-13-7-9-14(10-8-13)19(24)15-5-3-4-6-16(15)20(25)27-12-17(22)21-11-18(23)26-2/h3-10H,11-12H2,1-2H3,(H,21,22). The molecule has 0 unspecified atom stereocenters. The highest BCUT2D eigenvalue weighted by molar-refractivity contribution is 6.14. The number of carbonyl (C=O) groups is 4. The number of ketones is 1. The van der Waals surface area contributed by atoms with E-state index >= 15 is 0 Å². The van der Waals surface area contributed by atoms with Crippen molar-refractivity contribution in [1.29, 1.82) is 0 Å². The maximum absolute atomic E-state index is 12.7. The van der Waals surface area contributed by atoms with Crippen molar-refractivity contribution in [1.82, 2.24) is 5.32 Å². The Morgan fingerprint density at radius 2 is 1.56 bits per heavy atom. The van der Waals surface area contributed by atoms with Gasteiger partial charge in [0.1, 0.15) is 6.54 Å². The summed E-state index contributed by atoms with van der Waals surface area (Å²) in [6.45, 7) is 1.00. The molecule has 1 N–H and O–H groups in total. The van der Waals surface area contributed by atoms with Gasteiger partial charge in [-0.05, 0) is 13.0 Å². The number of ether oxygens (including phenoxy) is 2. The van der Waals surface area contributed by atoms with Crippen molar-refractivity contribution in [2.45, 2.75) is 6.92 Å². The Bertz CT molecular complexity index is 857. The van der Waals surface area contributed by atoms with Crippen LogP contribution in [0.3, 0.4) is 0 Å². The normalized spacial score (nSPS) is 10.0. The van der Waals surface area contributed by atoms with Crippen molar-refractivity contribution in [3.8, 4) is 0 Å². The van der Waals surface area contributed by atoms with Crippen LogP contribution in [0.25, 0.3) is 0 Å². The molecule has 0 spiro atoms. The molecule has 0 aliphatic carbocycles. The second-order valence-corrected chi connectivity index (χ2v) is 5.67. The lowest BCUT2D eigenvalue weighted by molar-refractivity contribution is -0.141. The first-order valence-corrected chi connectivity index (χ1v) is 8.13. The van der Waals surface area contributed by atoms with E-state index in [1.165, 1.54) is 19.2 Å². The number of carbonyl (C=O) groups excluding carboxylic acids is 4. The number of nitrogens with one attached hydrogen (secondary N) is 1. The highest BCUT2D eigenvalue weighted by Gasteiger charge is 2.20. The summed E-state index contributed by atoms with van der Waals surface area (Å²) in [5.74, 6) is -2.41. The Morgan fingerprint density at radius 1 is 0.926 bits per heavy atom. The van der Waals surface area contributed by atoms with Crippen LogP contribution in [0.5, 0.6) is 0 Å². The van der Waals surface area contributed by atoms with Crippen LogP contribution in [-0.2, 0) is 19.1 Å². The largest absolute Gasteiger partial charge is 0.468 e. The predicted molar refractivity (Wildman–Crippen MR) is 96.4 cm³/mol. The number of methoxy groups -OCH3 is 1. The highest BCUT2D eigenvalue weighted by atomic mass is 16.5. The minimum atomic E-state index is -0.806. The molecule has 0 aliphatic rings. The van der Waals surface area contributed by atoms with Gasteiger partial charge < -0.3 is 14.8 Å². The summed E-state index contributed by atoms with van der Waals surface area (Å²) >= 11 is 0. The molecule has 0 heterocycles. The molecule has 0 bridgehead atoms. The fourth-order valence-electron chi connectivity index (χ4n) is 2.22. The lowest BCUT2D eigenvalue weighted by Crippen LogP contribution is -2.33. The molecular formula is C20H19NO6. The zero-order chi connectivity index (χ0) is 19.8. The molecule has 0 saturated heterocycles. The van der Waals surface area contributed by atoms with Crippen LogP contribution in [0.2, 0.25) is 0 Å². The summed E-state index contributed by atoms with van der Waals surface area (Å²) in [4.78, 5) is 47.6. The topological polar surface area (TPSA) is 98.8 Å². The Labute approximate surface area is 156 Å². The Balaban J connectivity index is 2.07. The van der Waals surface area contributed by atoms with Crippen molar-refractivity contribution < 1.29 is 28.7 Å². The third kappa shape index (κ3) is 5.50. The lowest BCUT2D eigenvalue weighted by atomic mass is 9.98. The van der Waals surface area contributed by atoms with E-state index in [0.717, 1.165) is 5.56 Å². The van der Waals surface area contributed by atoms with Crippen LogP contribution in [0.15, 0.2) is 48.5 Å². The first-order chi connectivity index (χ1) is 12.9. The van der Waals surface area contributed by atoms with Crippen LogP contribution in [0, 0.1) is 6.92 Å². The zero-order valence-electron chi connectivity index (χ0n) is 15.0. The molecule has 0 radical (unpaired) electrons. The van der Waals surface area contributed by atoms with E-state index in [9.17, 15) is 19.2 Å². The first-order valence-electron chi connectivity index (χ1n) is 8.13. The average molecular weight is 369 g/mol. The second kappa shape index (κ2) is 9.28. The van der Waals surface area contributed by atoms with Crippen LogP contribution in [0.4, 0.5) is 0 Å². The van der Waals surface area contributed by atoms with Crippen molar-refractivity contribution >= 4 is 23.6 Å².